The molecule has 0 saturated carbocycles. The zero-order valence-electron chi connectivity index (χ0n) is 13.6. The number of carbonyl (C=O) groups is 2. The molecule has 1 heterocycles. The van der Waals surface area contributed by atoms with Gasteiger partial charge in [0.05, 0.1) is 17.2 Å². The third-order valence-corrected chi connectivity index (χ3v) is 3.94. The van der Waals surface area contributed by atoms with Gasteiger partial charge in [0.1, 0.15) is 5.75 Å². The molecular weight excluding hydrogens is 326 g/mol. The molecular formula is C17H19N3O3S. The van der Waals surface area contributed by atoms with Gasteiger partial charge in [0.25, 0.3) is 5.91 Å². The lowest BCUT2D eigenvalue weighted by atomic mass is 10.2. The highest BCUT2D eigenvalue weighted by molar-refractivity contribution is 7.09. The van der Waals surface area contributed by atoms with Crippen LogP contribution < -0.4 is 10.5 Å². The number of likely N-dealkylation sites (N-methyl/N-ethyl adjacent to an activating group) is 1. The zero-order valence-corrected chi connectivity index (χ0v) is 14.4. The quantitative estimate of drug-likeness (QED) is 0.778. The van der Waals surface area contributed by atoms with Crippen molar-refractivity contribution >= 4 is 29.2 Å². The van der Waals surface area contributed by atoms with Crippen LogP contribution in [-0.4, -0.2) is 35.4 Å². The van der Waals surface area contributed by atoms with E-state index in [0.29, 0.717) is 12.3 Å². The van der Waals surface area contributed by atoms with Gasteiger partial charge in [-0.15, -0.1) is 11.3 Å². The number of benzene rings is 1. The van der Waals surface area contributed by atoms with Crippen LogP contribution >= 0.6 is 11.3 Å². The minimum Gasteiger partial charge on any atom is -0.484 e. The summed E-state index contributed by atoms with van der Waals surface area (Å²) in [6, 6.07) is 7.03. The average molecular weight is 345 g/mol. The van der Waals surface area contributed by atoms with Gasteiger partial charge in [-0.25, -0.2) is 4.98 Å². The SMILES string of the molecule is Cc1nc(CN(C)C(=O)C=Cc2ccc(OCC(N)=O)cc2)cs1. The summed E-state index contributed by atoms with van der Waals surface area (Å²) < 4.78 is 5.17. The number of aryl methyl sites for hydroxylation is 1. The fraction of sp³-hybridized carbons (Fsp3) is 0.235. The Morgan fingerprint density at radius 2 is 2.04 bits per heavy atom. The first-order valence-corrected chi connectivity index (χ1v) is 8.17. The maximum Gasteiger partial charge on any atom is 0.255 e. The molecule has 0 radical (unpaired) electrons. The number of hydrogen-bond acceptors (Lipinski definition) is 5. The minimum atomic E-state index is -0.525. The van der Waals surface area contributed by atoms with Gasteiger partial charge < -0.3 is 15.4 Å². The van der Waals surface area contributed by atoms with E-state index in [1.54, 1.807) is 53.6 Å². The first kappa shape index (κ1) is 17.7. The van der Waals surface area contributed by atoms with Crippen molar-refractivity contribution in [3.8, 4) is 5.75 Å². The number of nitrogens with zero attached hydrogens (tertiary/aromatic N) is 2. The van der Waals surface area contributed by atoms with Gasteiger partial charge in [0, 0.05) is 18.5 Å². The Labute approximate surface area is 144 Å². The number of amides is 2. The fourth-order valence-electron chi connectivity index (χ4n) is 1.93. The van der Waals surface area contributed by atoms with E-state index in [2.05, 4.69) is 4.98 Å². The number of thiazole rings is 1. The van der Waals surface area contributed by atoms with Crippen LogP contribution in [0, 0.1) is 6.92 Å². The predicted molar refractivity (Wildman–Crippen MR) is 93.5 cm³/mol. The second kappa shape index (κ2) is 8.26. The summed E-state index contributed by atoms with van der Waals surface area (Å²) >= 11 is 1.57. The van der Waals surface area contributed by atoms with E-state index in [4.69, 9.17) is 10.5 Å². The molecule has 24 heavy (non-hydrogen) atoms. The average Bonchev–Trinajstić information content (AvgIpc) is 2.96. The number of primary amides is 1. The molecule has 2 aromatic rings. The van der Waals surface area contributed by atoms with E-state index in [9.17, 15) is 9.59 Å². The van der Waals surface area contributed by atoms with Gasteiger partial charge in [-0.05, 0) is 30.7 Å². The van der Waals surface area contributed by atoms with Gasteiger partial charge in [0.15, 0.2) is 6.61 Å². The smallest absolute Gasteiger partial charge is 0.255 e. The molecule has 1 aromatic heterocycles. The second-order valence-corrected chi connectivity index (χ2v) is 6.27. The molecule has 1 aromatic carbocycles. The van der Waals surface area contributed by atoms with Gasteiger partial charge in [-0.2, -0.15) is 0 Å². The van der Waals surface area contributed by atoms with Crippen LogP contribution in [0.2, 0.25) is 0 Å². The summed E-state index contributed by atoms with van der Waals surface area (Å²) in [6.07, 6.45) is 3.24. The number of aromatic nitrogens is 1. The normalized spacial score (nSPS) is 10.8. The van der Waals surface area contributed by atoms with Crippen molar-refractivity contribution < 1.29 is 14.3 Å². The van der Waals surface area contributed by atoms with Gasteiger partial charge in [-0.3, -0.25) is 9.59 Å². The number of ether oxygens (including phenoxy) is 1. The van der Waals surface area contributed by atoms with Crippen LogP contribution in [0.3, 0.4) is 0 Å². The molecule has 0 saturated heterocycles. The standard InChI is InChI=1S/C17H19N3O3S/c1-12-19-14(11-24-12)9-20(2)17(22)8-5-13-3-6-15(7-4-13)23-10-16(18)21/h3-8,11H,9-10H2,1-2H3,(H2,18,21). The Bertz CT molecular complexity index is 738. The van der Waals surface area contributed by atoms with Crippen LogP contribution in [0.15, 0.2) is 35.7 Å². The van der Waals surface area contributed by atoms with Gasteiger partial charge in [-0.1, -0.05) is 12.1 Å². The van der Waals surface area contributed by atoms with Crippen LogP contribution in [0.4, 0.5) is 0 Å². The minimum absolute atomic E-state index is 0.102. The summed E-state index contributed by atoms with van der Waals surface area (Å²) in [7, 11) is 1.74. The third kappa shape index (κ3) is 5.51. The Morgan fingerprint density at radius 3 is 2.62 bits per heavy atom. The molecule has 0 fully saturated rings. The lowest BCUT2D eigenvalue weighted by molar-refractivity contribution is -0.125. The lowest BCUT2D eigenvalue weighted by Crippen LogP contribution is -2.24. The van der Waals surface area contributed by atoms with Crippen molar-refractivity contribution in [1.29, 1.82) is 0 Å². The number of nitrogens with two attached hydrogens (primary N) is 1. The molecule has 126 valence electrons. The molecule has 0 aliphatic carbocycles. The predicted octanol–water partition coefficient (Wildman–Crippen LogP) is 1.99. The molecule has 0 aliphatic rings. The van der Waals surface area contributed by atoms with E-state index < -0.39 is 5.91 Å². The summed E-state index contributed by atoms with van der Waals surface area (Å²) in [4.78, 5) is 28.7. The number of carbonyl (C=O) groups excluding carboxylic acids is 2. The second-order valence-electron chi connectivity index (χ2n) is 5.21. The molecule has 2 rings (SSSR count). The molecule has 6 nitrogen and oxygen atoms in total. The molecule has 2 amide bonds. The molecule has 2 N–H and O–H groups in total. The van der Waals surface area contributed by atoms with Crippen molar-refractivity contribution in [2.75, 3.05) is 13.7 Å². The maximum absolute atomic E-state index is 12.1. The van der Waals surface area contributed by atoms with Crippen LogP contribution in [-0.2, 0) is 16.1 Å². The highest BCUT2D eigenvalue weighted by atomic mass is 32.1. The molecule has 0 atom stereocenters. The summed E-state index contributed by atoms with van der Waals surface area (Å²) in [5.41, 5.74) is 6.76. The first-order chi connectivity index (χ1) is 11.4. The van der Waals surface area contributed by atoms with Crippen molar-refractivity contribution in [3.63, 3.8) is 0 Å². The summed E-state index contributed by atoms with van der Waals surface area (Å²) in [6.45, 7) is 2.26. The molecule has 0 aliphatic heterocycles. The van der Waals surface area contributed by atoms with Crippen LogP contribution in [0.1, 0.15) is 16.3 Å². The molecule has 0 spiro atoms. The first-order valence-electron chi connectivity index (χ1n) is 7.29. The van der Waals surface area contributed by atoms with Crippen LogP contribution in [0.25, 0.3) is 6.08 Å². The lowest BCUT2D eigenvalue weighted by Gasteiger charge is -2.13. The van der Waals surface area contributed by atoms with E-state index in [1.807, 2.05) is 12.3 Å². The molecule has 7 heteroatoms. The van der Waals surface area contributed by atoms with Crippen LogP contribution in [0.5, 0.6) is 5.75 Å². The van der Waals surface area contributed by atoms with E-state index in [1.165, 1.54) is 6.08 Å². The van der Waals surface area contributed by atoms with E-state index in [0.717, 1.165) is 16.3 Å². The number of rotatable bonds is 7. The highest BCUT2D eigenvalue weighted by Crippen LogP contribution is 2.14. The Hall–Kier alpha value is -2.67. The Morgan fingerprint density at radius 1 is 1.33 bits per heavy atom. The van der Waals surface area contributed by atoms with Gasteiger partial charge in [0.2, 0.25) is 5.91 Å². The summed E-state index contributed by atoms with van der Waals surface area (Å²) in [5, 5.41) is 2.94. The molecule has 0 unspecified atom stereocenters. The topological polar surface area (TPSA) is 85.5 Å². The Kier molecular flexibility index (Phi) is 6.08. The zero-order chi connectivity index (χ0) is 17.5. The molecule has 0 bridgehead atoms. The van der Waals surface area contributed by atoms with Crippen molar-refractivity contribution in [2.24, 2.45) is 5.73 Å². The van der Waals surface area contributed by atoms with Crippen molar-refractivity contribution in [2.45, 2.75) is 13.5 Å². The van der Waals surface area contributed by atoms with E-state index in [-0.39, 0.29) is 12.5 Å². The Balaban J connectivity index is 1.89. The maximum atomic E-state index is 12.1. The third-order valence-electron chi connectivity index (χ3n) is 3.12. The summed E-state index contributed by atoms with van der Waals surface area (Å²) in [5.74, 6) is -0.0779. The highest BCUT2D eigenvalue weighted by Gasteiger charge is 2.08. The fourth-order valence-corrected chi connectivity index (χ4v) is 2.53. The van der Waals surface area contributed by atoms with Crippen molar-refractivity contribution in [3.05, 3.63) is 52.0 Å². The largest absolute Gasteiger partial charge is 0.484 e. The van der Waals surface area contributed by atoms with E-state index >= 15 is 0 Å². The monoisotopic (exact) mass is 345 g/mol. The van der Waals surface area contributed by atoms with Gasteiger partial charge >= 0.3 is 0 Å². The van der Waals surface area contributed by atoms with Crippen molar-refractivity contribution in [1.82, 2.24) is 9.88 Å². The number of hydrogen-bond donors (Lipinski definition) is 1.